The van der Waals surface area contributed by atoms with Crippen LogP contribution in [0.15, 0.2) is 60.2 Å². The standard InChI is InChI=1S/C27H22Cl2FNO4/c1-4-15-5-7-16(8-6-15)23-22(24(32)18-11-14(2)12-20(29)26(18)35-3)25(33)27(34)31(23)17-9-10-21(30)19(28)13-17/h5-13,23,32H,4H2,1-3H3/b24-22+. The van der Waals surface area contributed by atoms with Gasteiger partial charge < -0.3 is 9.84 Å². The summed E-state index contributed by atoms with van der Waals surface area (Å²) in [5, 5.41) is 11.5. The molecule has 0 spiro atoms. The molecule has 0 aromatic heterocycles. The van der Waals surface area contributed by atoms with E-state index in [1.54, 1.807) is 31.2 Å². The average molecular weight is 514 g/mol. The Bertz CT molecular complexity index is 1370. The number of carbonyl (C=O) groups is 2. The van der Waals surface area contributed by atoms with Gasteiger partial charge in [-0.25, -0.2) is 4.39 Å². The first-order valence-electron chi connectivity index (χ1n) is 10.9. The third-order valence-corrected chi connectivity index (χ3v) is 6.55. The summed E-state index contributed by atoms with van der Waals surface area (Å²) in [6.45, 7) is 3.79. The molecule has 1 fully saturated rings. The summed E-state index contributed by atoms with van der Waals surface area (Å²) in [5.74, 6) is -2.68. The molecular formula is C27H22Cl2FNO4. The van der Waals surface area contributed by atoms with Crippen molar-refractivity contribution in [1.82, 2.24) is 0 Å². The van der Waals surface area contributed by atoms with Gasteiger partial charge in [-0.15, -0.1) is 0 Å². The van der Waals surface area contributed by atoms with Crippen molar-refractivity contribution in [2.75, 3.05) is 12.0 Å². The lowest BCUT2D eigenvalue weighted by molar-refractivity contribution is -0.132. The van der Waals surface area contributed by atoms with Crippen LogP contribution in [0.1, 0.15) is 35.2 Å². The SMILES string of the molecule is CCc1ccc(C2/C(=C(\O)c3cc(C)cc(Cl)c3OC)C(=O)C(=O)N2c2ccc(F)c(Cl)c2)cc1. The Morgan fingerprint density at radius 2 is 1.74 bits per heavy atom. The molecule has 4 rings (SSSR count). The molecule has 0 bridgehead atoms. The molecule has 0 radical (unpaired) electrons. The second kappa shape index (κ2) is 9.72. The van der Waals surface area contributed by atoms with Gasteiger partial charge in [0.25, 0.3) is 11.7 Å². The molecule has 3 aromatic rings. The minimum atomic E-state index is -0.994. The number of hydrogen-bond donors (Lipinski definition) is 1. The van der Waals surface area contributed by atoms with E-state index < -0.39 is 29.3 Å². The molecule has 5 nitrogen and oxygen atoms in total. The second-order valence-electron chi connectivity index (χ2n) is 8.19. The van der Waals surface area contributed by atoms with Crippen molar-refractivity contribution >= 4 is 46.3 Å². The predicted molar refractivity (Wildman–Crippen MR) is 135 cm³/mol. The summed E-state index contributed by atoms with van der Waals surface area (Å²) in [6.07, 6.45) is 0.799. The van der Waals surface area contributed by atoms with Crippen molar-refractivity contribution in [1.29, 1.82) is 0 Å². The molecule has 1 aliphatic heterocycles. The highest BCUT2D eigenvalue weighted by atomic mass is 35.5. The number of Topliss-reactive ketones (excluding diaryl/α,β-unsaturated/α-hetero) is 1. The third-order valence-electron chi connectivity index (χ3n) is 5.98. The lowest BCUT2D eigenvalue weighted by Crippen LogP contribution is -2.29. The van der Waals surface area contributed by atoms with E-state index in [4.69, 9.17) is 27.9 Å². The fraction of sp³-hybridized carbons (Fsp3) is 0.185. The van der Waals surface area contributed by atoms with Crippen molar-refractivity contribution in [3.05, 3.63) is 98.3 Å². The number of benzene rings is 3. The smallest absolute Gasteiger partial charge is 0.300 e. The number of anilines is 1. The summed E-state index contributed by atoms with van der Waals surface area (Å²) in [7, 11) is 1.40. The maximum Gasteiger partial charge on any atom is 0.300 e. The Kier molecular flexibility index (Phi) is 6.88. The van der Waals surface area contributed by atoms with Gasteiger partial charge in [-0.2, -0.15) is 0 Å². The number of methoxy groups -OCH3 is 1. The lowest BCUT2D eigenvalue weighted by atomic mass is 9.93. The highest BCUT2D eigenvalue weighted by molar-refractivity contribution is 6.52. The number of aliphatic hydroxyl groups is 1. The van der Waals surface area contributed by atoms with Gasteiger partial charge in [0.1, 0.15) is 17.3 Å². The number of nitrogens with zero attached hydrogens (tertiary/aromatic N) is 1. The molecule has 1 heterocycles. The molecule has 0 aliphatic carbocycles. The van der Waals surface area contributed by atoms with Crippen LogP contribution < -0.4 is 9.64 Å². The lowest BCUT2D eigenvalue weighted by Gasteiger charge is -2.26. The van der Waals surface area contributed by atoms with Gasteiger partial charge in [-0.1, -0.05) is 54.4 Å². The third kappa shape index (κ3) is 4.40. The van der Waals surface area contributed by atoms with Gasteiger partial charge in [-0.3, -0.25) is 14.5 Å². The fourth-order valence-electron chi connectivity index (χ4n) is 4.24. The van der Waals surface area contributed by atoms with Crippen molar-refractivity contribution in [2.24, 2.45) is 0 Å². The Labute approximate surface area is 212 Å². The molecule has 180 valence electrons. The zero-order valence-electron chi connectivity index (χ0n) is 19.2. The van der Waals surface area contributed by atoms with Crippen LogP contribution in [0.4, 0.5) is 10.1 Å². The quantitative estimate of drug-likeness (QED) is 0.236. The molecule has 1 N–H and O–H groups in total. The van der Waals surface area contributed by atoms with Gasteiger partial charge in [-0.05, 0) is 60.4 Å². The molecule has 1 amide bonds. The Morgan fingerprint density at radius 3 is 2.34 bits per heavy atom. The zero-order valence-corrected chi connectivity index (χ0v) is 20.7. The molecule has 1 aliphatic rings. The number of halogens is 3. The van der Waals surface area contributed by atoms with Crippen LogP contribution in [0.3, 0.4) is 0 Å². The van der Waals surface area contributed by atoms with Gasteiger partial charge in [0, 0.05) is 5.69 Å². The molecular weight excluding hydrogens is 492 g/mol. The summed E-state index contributed by atoms with van der Waals surface area (Å²) < 4.78 is 19.3. The topological polar surface area (TPSA) is 66.8 Å². The molecule has 8 heteroatoms. The fourth-order valence-corrected chi connectivity index (χ4v) is 4.77. The molecule has 1 atom stereocenters. The molecule has 35 heavy (non-hydrogen) atoms. The number of hydrogen-bond acceptors (Lipinski definition) is 4. The summed E-state index contributed by atoms with van der Waals surface area (Å²) in [5.41, 5.74) is 2.63. The molecule has 0 saturated carbocycles. The van der Waals surface area contributed by atoms with Crippen LogP contribution in [0.25, 0.3) is 5.76 Å². The Hall–Kier alpha value is -3.35. The van der Waals surface area contributed by atoms with E-state index in [2.05, 4.69) is 0 Å². The van der Waals surface area contributed by atoms with Gasteiger partial charge in [0.05, 0.1) is 34.3 Å². The first kappa shape index (κ1) is 24.8. The molecule has 1 saturated heterocycles. The van der Waals surface area contributed by atoms with Crippen molar-refractivity contribution in [3.63, 3.8) is 0 Å². The van der Waals surface area contributed by atoms with Crippen molar-refractivity contribution < 1.29 is 23.8 Å². The van der Waals surface area contributed by atoms with Crippen LogP contribution in [0, 0.1) is 12.7 Å². The number of carbonyl (C=O) groups excluding carboxylic acids is 2. The maximum atomic E-state index is 13.9. The highest BCUT2D eigenvalue weighted by Gasteiger charge is 2.47. The van der Waals surface area contributed by atoms with Gasteiger partial charge in [0.15, 0.2) is 0 Å². The summed E-state index contributed by atoms with van der Waals surface area (Å²) in [6, 6.07) is 13.4. The normalized spacial score (nSPS) is 17.2. The van der Waals surface area contributed by atoms with E-state index >= 15 is 0 Å². The summed E-state index contributed by atoms with van der Waals surface area (Å²) >= 11 is 12.3. The van der Waals surface area contributed by atoms with Crippen LogP contribution >= 0.6 is 23.2 Å². The minimum Gasteiger partial charge on any atom is -0.507 e. The van der Waals surface area contributed by atoms with Gasteiger partial charge >= 0.3 is 0 Å². The van der Waals surface area contributed by atoms with Crippen molar-refractivity contribution in [3.8, 4) is 5.75 Å². The number of amides is 1. The van der Waals surface area contributed by atoms with Crippen LogP contribution in [0.5, 0.6) is 5.75 Å². The average Bonchev–Trinajstić information content (AvgIpc) is 3.10. The Balaban J connectivity index is 2.00. The van der Waals surface area contributed by atoms with E-state index in [0.29, 0.717) is 5.56 Å². The molecule has 1 unspecified atom stereocenters. The first-order chi connectivity index (χ1) is 16.7. The largest absolute Gasteiger partial charge is 0.507 e. The number of rotatable bonds is 5. The number of ether oxygens (including phenoxy) is 1. The summed E-state index contributed by atoms with van der Waals surface area (Å²) in [4.78, 5) is 27.8. The van der Waals surface area contributed by atoms with E-state index in [1.807, 2.05) is 19.1 Å². The zero-order chi connectivity index (χ0) is 25.4. The second-order valence-corrected chi connectivity index (χ2v) is 9.00. The van der Waals surface area contributed by atoms with Gasteiger partial charge in [0.2, 0.25) is 0 Å². The highest BCUT2D eigenvalue weighted by Crippen LogP contribution is 2.45. The minimum absolute atomic E-state index is 0.139. The van der Waals surface area contributed by atoms with E-state index in [9.17, 15) is 19.1 Å². The van der Waals surface area contributed by atoms with Crippen LogP contribution in [-0.4, -0.2) is 23.9 Å². The van der Waals surface area contributed by atoms with Crippen molar-refractivity contribution in [2.45, 2.75) is 26.3 Å². The molecule has 3 aromatic carbocycles. The number of aliphatic hydroxyl groups excluding tert-OH is 1. The van der Waals surface area contributed by atoms with E-state index in [1.165, 1.54) is 24.1 Å². The number of aryl methyl sites for hydroxylation is 2. The monoisotopic (exact) mass is 513 g/mol. The first-order valence-corrected chi connectivity index (χ1v) is 11.6. The van der Waals surface area contributed by atoms with Crippen LogP contribution in [-0.2, 0) is 16.0 Å². The van der Waals surface area contributed by atoms with E-state index in [0.717, 1.165) is 23.6 Å². The van der Waals surface area contributed by atoms with Crippen LogP contribution in [0.2, 0.25) is 10.0 Å². The number of ketones is 1. The van der Waals surface area contributed by atoms with E-state index in [-0.39, 0.29) is 32.6 Å². The maximum absolute atomic E-state index is 13.9. The predicted octanol–water partition coefficient (Wildman–Crippen LogP) is 6.64. The Morgan fingerprint density at radius 1 is 1.06 bits per heavy atom.